The number of aromatic nitrogens is 2. The number of ether oxygens (including phenoxy) is 2. The molecule has 2 N–H and O–H groups in total. The first-order chi connectivity index (χ1) is 11.4. The Kier molecular flexibility index (Phi) is 5.20. The third-order valence-corrected chi connectivity index (χ3v) is 3.43. The highest BCUT2D eigenvalue weighted by Gasteiger charge is 2.36. The lowest BCUT2D eigenvalue weighted by Gasteiger charge is -2.24. The molecule has 0 saturated carbocycles. The third kappa shape index (κ3) is 3.54. The summed E-state index contributed by atoms with van der Waals surface area (Å²) in [5.41, 5.74) is -0.842. The van der Waals surface area contributed by atoms with Gasteiger partial charge in [0.15, 0.2) is 17.0 Å². The maximum Gasteiger partial charge on any atom is 0.331 e. The van der Waals surface area contributed by atoms with Crippen molar-refractivity contribution in [2.24, 2.45) is 0 Å². The van der Waals surface area contributed by atoms with Gasteiger partial charge in [0.05, 0.1) is 25.6 Å². The van der Waals surface area contributed by atoms with Crippen LogP contribution in [0.25, 0.3) is 5.69 Å². The number of methoxy groups -OCH3 is 2. The van der Waals surface area contributed by atoms with Gasteiger partial charge in [-0.1, -0.05) is 18.2 Å². The van der Waals surface area contributed by atoms with Crippen LogP contribution >= 0.6 is 0 Å². The van der Waals surface area contributed by atoms with Gasteiger partial charge in [-0.2, -0.15) is 5.10 Å². The Morgan fingerprint density at radius 2 is 1.96 bits per heavy atom. The van der Waals surface area contributed by atoms with Gasteiger partial charge in [-0.3, -0.25) is 4.79 Å². The van der Waals surface area contributed by atoms with Crippen molar-refractivity contribution < 1.29 is 24.2 Å². The summed E-state index contributed by atoms with van der Waals surface area (Å²) in [7, 11) is 2.77. The van der Waals surface area contributed by atoms with E-state index >= 15 is 0 Å². The molecule has 0 saturated heterocycles. The van der Waals surface area contributed by atoms with Crippen LogP contribution in [0.15, 0.2) is 36.5 Å². The van der Waals surface area contributed by atoms with Crippen LogP contribution in [-0.4, -0.2) is 53.1 Å². The molecule has 0 aliphatic rings. The summed E-state index contributed by atoms with van der Waals surface area (Å²) >= 11 is 0. The smallest absolute Gasteiger partial charge is 0.331 e. The van der Waals surface area contributed by atoms with Crippen LogP contribution < -0.4 is 10.1 Å². The second kappa shape index (κ2) is 7.14. The van der Waals surface area contributed by atoms with E-state index in [9.17, 15) is 14.7 Å². The third-order valence-electron chi connectivity index (χ3n) is 3.43. The molecule has 1 atom stereocenters. The summed E-state index contributed by atoms with van der Waals surface area (Å²) in [6.45, 7) is 1.17. The first-order valence-corrected chi connectivity index (χ1v) is 7.15. The van der Waals surface area contributed by atoms with Crippen molar-refractivity contribution in [1.29, 1.82) is 0 Å². The number of aliphatic carboxylic acids is 1. The number of carbonyl (C=O) groups is 2. The van der Waals surface area contributed by atoms with Gasteiger partial charge in [0.2, 0.25) is 0 Å². The van der Waals surface area contributed by atoms with Gasteiger partial charge in [-0.05, 0) is 19.1 Å². The number of amides is 1. The van der Waals surface area contributed by atoms with E-state index in [1.165, 1.54) is 25.8 Å². The van der Waals surface area contributed by atoms with Crippen LogP contribution in [0.5, 0.6) is 5.75 Å². The minimum atomic E-state index is -1.58. The Morgan fingerprint density at radius 3 is 2.50 bits per heavy atom. The number of rotatable bonds is 7. The fourth-order valence-electron chi connectivity index (χ4n) is 2.13. The topological polar surface area (TPSA) is 103 Å². The fourth-order valence-corrected chi connectivity index (χ4v) is 2.13. The van der Waals surface area contributed by atoms with Crippen molar-refractivity contribution in [2.75, 3.05) is 20.8 Å². The van der Waals surface area contributed by atoms with Gasteiger partial charge in [-0.15, -0.1) is 0 Å². The van der Waals surface area contributed by atoms with Crippen LogP contribution in [0.4, 0.5) is 0 Å². The Bertz CT molecular complexity index is 729. The number of nitrogens with one attached hydrogen (secondary N) is 1. The Labute approximate surface area is 139 Å². The van der Waals surface area contributed by atoms with Crippen molar-refractivity contribution in [1.82, 2.24) is 15.1 Å². The molecule has 1 amide bonds. The highest BCUT2D eigenvalue weighted by Crippen LogP contribution is 2.20. The Hall–Kier alpha value is -2.87. The number of hydrogen-bond donors (Lipinski definition) is 2. The van der Waals surface area contributed by atoms with Gasteiger partial charge < -0.3 is 19.9 Å². The molecule has 0 fully saturated rings. The van der Waals surface area contributed by atoms with E-state index < -0.39 is 17.4 Å². The van der Waals surface area contributed by atoms with Crippen molar-refractivity contribution >= 4 is 11.9 Å². The van der Waals surface area contributed by atoms with E-state index in [2.05, 4.69) is 10.4 Å². The molecule has 8 nitrogen and oxygen atoms in total. The minimum absolute atomic E-state index is 0.00932. The number of carboxylic acids is 1. The molecule has 128 valence electrons. The summed E-state index contributed by atoms with van der Waals surface area (Å²) in [5, 5.41) is 15.9. The van der Waals surface area contributed by atoms with Gasteiger partial charge in [0.25, 0.3) is 5.91 Å². The number of benzene rings is 1. The van der Waals surface area contributed by atoms with Crippen LogP contribution in [0.3, 0.4) is 0 Å². The molecule has 0 bridgehead atoms. The number of hydrogen-bond acceptors (Lipinski definition) is 5. The van der Waals surface area contributed by atoms with Crippen LogP contribution in [0.1, 0.15) is 17.4 Å². The highest BCUT2D eigenvalue weighted by molar-refractivity contribution is 5.98. The normalized spacial score (nSPS) is 13.1. The maximum atomic E-state index is 12.5. The predicted molar refractivity (Wildman–Crippen MR) is 85.5 cm³/mol. The largest absolute Gasteiger partial charge is 0.493 e. The number of carboxylic acid groups (broad SMARTS) is 1. The second-order valence-corrected chi connectivity index (χ2v) is 5.35. The summed E-state index contributed by atoms with van der Waals surface area (Å²) in [5.74, 6) is -1.64. The molecule has 0 spiro atoms. The average molecular weight is 333 g/mol. The van der Waals surface area contributed by atoms with Gasteiger partial charge >= 0.3 is 5.97 Å². The van der Waals surface area contributed by atoms with Gasteiger partial charge in [0, 0.05) is 7.11 Å². The van der Waals surface area contributed by atoms with Crippen molar-refractivity contribution in [3.05, 3.63) is 42.2 Å². The lowest BCUT2D eigenvalue weighted by atomic mass is 10.0. The Morgan fingerprint density at radius 1 is 1.29 bits per heavy atom. The van der Waals surface area contributed by atoms with E-state index in [0.29, 0.717) is 0 Å². The lowest BCUT2D eigenvalue weighted by Crippen LogP contribution is -2.55. The molecule has 2 aromatic rings. The zero-order chi connectivity index (χ0) is 17.7. The summed E-state index contributed by atoms with van der Waals surface area (Å²) in [4.78, 5) is 23.9. The van der Waals surface area contributed by atoms with Crippen LogP contribution in [0, 0.1) is 0 Å². The van der Waals surface area contributed by atoms with E-state index in [-0.39, 0.29) is 18.1 Å². The molecule has 1 unspecified atom stereocenters. The van der Waals surface area contributed by atoms with Gasteiger partial charge in [-0.25, -0.2) is 9.48 Å². The number of carbonyl (C=O) groups excluding carboxylic acids is 1. The highest BCUT2D eigenvalue weighted by atomic mass is 16.5. The maximum absolute atomic E-state index is 12.5. The molecule has 0 radical (unpaired) electrons. The van der Waals surface area contributed by atoms with E-state index in [4.69, 9.17) is 9.47 Å². The van der Waals surface area contributed by atoms with E-state index in [1.54, 1.807) is 6.20 Å². The van der Waals surface area contributed by atoms with Crippen molar-refractivity contribution in [3.8, 4) is 11.4 Å². The molecule has 1 aromatic heterocycles. The van der Waals surface area contributed by atoms with E-state index in [0.717, 1.165) is 5.69 Å². The molecule has 8 heteroatoms. The molecule has 24 heavy (non-hydrogen) atoms. The molecule has 0 aliphatic carbocycles. The predicted octanol–water partition coefficient (Wildman–Crippen LogP) is 1.10. The lowest BCUT2D eigenvalue weighted by molar-refractivity contribution is -0.145. The fraction of sp³-hybridized carbons (Fsp3) is 0.312. The van der Waals surface area contributed by atoms with Crippen LogP contribution in [0.2, 0.25) is 0 Å². The molecule has 2 rings (SSSR count). The summed E-state index contributed by atoms with van der Waals surface area (Å²) in [6, 6.07) is 9.17. The molecular weight excluding hydrogens is 314 g/mol. The standard InChI is InChI=1S/C16H19N3O5/c1-16(10-23-2,15(21)22)17-14(20)13-12(24-3)9-19(18-13)11-7-5-4-6-8-11/h4-9H,10H2,1-3H3,(H,17,20)(H,21,22). The zero-order valence-electron chi connectivity index (χ0n) is 13.6. The second-order valence-electron chi connectivity index (χ2n) is 5.35. The van der Waals surface area contributed by atoms with E-state index in [1.807, 2.05) is 30.3 Å². The summed E-state index contributed by atoms with van der Waals surface area (Å²) < 4.78 is 11.6. The first-order valence-electron chi connectivity index (χ1n) is 7.15. The molecular formula is C16H19N3O5. The monoisotopic (exact) mass is 333 g/mol. The molecule has 1 aromatic carbocycles. The molecule has 1 heterocycles. The summed E-state index contributed by atoms with van der Waals surface area (Å²) in [6.07, 6.45) is 1.55. The quantitative estimate of drug-likeness (QED) is 0.786. The number of nitrogens with zero attached hydrogens (tertiary/aromatic N) is 2. The van der Waals surface area contributed by atoms with Crippen molar-refractivity contribution in [3.63, 3.8) is 0 Å². The van der Waals surface area contributed by atoms with Gasteiger partial charge in [0.1, 0.15) is 0 Å². The SMILES string of the molecule is COCC(C)(NC(=O)c1nn(-c2ccccc2)cc1OC)C(=O)O. The van der Waals surface area contributed by atoms with Crippen LogP contribution in [-0.2, 0) is 9.53 Å². The average Bonchev–Trinajstić information content (AvgIpc) is 3.00. The zero-order valence-corrected chi connectivity index (χ0v) is 13.6. The number of para-hydroxylation sites is 1. The van der Waals surface area contributed by atoms with Crippen molar-refractivity contribution in [2.45, 2.75) is 12.5 Å². The minimum Gasteiger partial charge on any atom is -0.493 e. The first kappa shape index (κ1) is 17.5. The Balaban J connectivity index is 2.32. The molecule has 0 aliphatic heterocycles.